The topological polar surface area (TPSA) is 41.1 Å². The molecule has 1 aromatic carbocycles. The van der Waals surface area contributed by atoms with E-state index in [4.69, 9.17) is 11.6 Å². The van der Waals surface area contributed by atoms with Gasteiger partial charge < -0.3 is 10.6 Å². The summed E-state index contributed by atoms with van der Waals surface area (Å²) in [6, 6.07) is 7.69. The van der Waals surface area contributed by atoms with Crippen molar-refractivity contribution >= 4 is 17.5 Å². The summed E-state index contributed by atoms with van der Waals surface area (Å²) in [5.41, 5.74) is 1.10. The Morgan fingerprint density at radius 2 is 2.12 bits per heavy atom. The van der Waals surface area contributed by atoms with Crippen LogP contribution in [0.4, 0.5) is 0 Å². The van der Waals surface area contributed by atoms with E-state index >= 15 is 0 Å². The predicted molar refractivity (Wildman–Crippen MR) is 71.1 cm³/mol. The summed E-state index contributed by atoms with van der Waals surface area (Å²) in [6.07, 6.45) is 1.65. The highest BCUT2D eigenvalue weighted by Gasteiger charge is 2.06. The molecule has 0 spiro atoms. The molecule has 0 unspecified atom stereocenters. The monoisotopic (exact) mass is 252 g/mol. The second kappa shape index (κ2) is 7.09. The normalized spacial score (nSPS) is 11.9. The van der Waals surface area contributed by atoms with Crippen molar-refractivity contribution < 1.29 is 4.79 Å². The first-order valence-corrected chi connectivity index (χ1v) is 5.87. The lowest BCUT2D eigenvalue weighted by atomic mass is 10.1. The molecule has 0 radical (unpaired) electrons. The van der Waals surface area contributed by atoms with Gasteiger partial charge in [0.05, 0.1) is 6.54 Å². The molecule has 1 amide bonds. The van der Waals surface area contributed by atoms with Gasteiger partial charge in [-0.1, -0.05) is 29.8 Å². The van der Waals surface area contributed by atoms with Crippen molar-refractivity contribution in [2.75, 3.05) is 13.1 Å². The van der Waals surface area contributed by atoms with Crippen molar-refractivity contribution in [3.63, 3.8) is 0 Å². The molecule has 0 aliphatic carbocycles. The van der Waals surface area contributed by atoms with Gasteiger partial charge in [-0.2, -0.15) is 0 Å². The number of hydrogen-bond acceptors (Lipinski definition) is 2. The van der Waals surface area contributed by atoms with Crippen LogP contribution in [0.2, 0.25) is 5.02 Å². The lowest BCUT2D eigenvalue weighted by Crippen LogP contribution is -2.35. The zero-order chi connectivity index (χ0) is 12.7. The molecule has 0 saturated carbocycles. The maximum atomic E-state index is 11.3. The molecule has 0 aliphatic heterocycles. The molecule has 0 heterocycles. The van der Waals surface area contributed by atoms with E-state index in [0.29, 0.717) is 11.6 Å². The van der Waals surface area contributed by atoms with Crippen LogP contribution in [0.15, 0.2) is 36.9 Å². The van der Waals surface area contributed by atoms with Crippen LogP contribution in [-0.4, -0.2) is 19.0 Å². The van der Waals surface area contributed by atoms with Crippen molar-refractivity contribution in [1.29, 1.82) is 0 Å². The summed E-state index contributed by atoms with van der Waals surface area (Å²) in [5.74, 6) is -0.0364. The maximum absolute atomic E-state index is 11.3. The van der Waals surface area contributed by atoms with Crippen molar-refractivity contribution in [2.24, 2.45) is 0 Å². The molecule has 0 aromatic heterocycles. The van der Waals surface area contributed by atoms with Crippen LogP contribution in [0.5, 0.6) is 0 Å². The first-order chi connectivity index (χ1) is 8.13. The fraction of sp³-hybridized carbons (Fsp3) is 0.308. The highest BCUT2D eigenvalue weighted by atomic mass is 35.5. The Morgan fingerprint density at radius 1 is 1.47 bits per heavy atom. The number of hydrogen-bond donors (Lipinski definition) is 2. The van der Waals surface area contributed by atoms with E-state index in [2.05, 4.69) is 17.2 Å². The lowest BCUT2D eigenvalue weighted by Gasteiger charge is -2.13. The molecule has 0 aliphatic rings. The van der Waals surface area contributed by atoms with Gasteiger partial charge in [0, 0.05) is 17.6 Å². The standard InChI is InChI=1S/C13H17ClN2O/c1-3-8-15-13(17)9-16-10(2)11-4-6-12(14)7-5-11/h3-7,10,16H,1,8-9H2,2H3,(H,15,17)/t10-/m0/s1. The van der Waals surface area contributed by atoms with Gasteiger partial charge in [-0.15, -0.1) is 6.58 Å². The highest BCUT2D eigenvalue weighted by molar-refractivity contribution is 6.30. The van der Waals surface area contributed by atoms with E-state index in [1.807, 2.05) is 31.2 Å². The summed E-state index contributed by atoms with van der Waals surface area (Å²) in [4.78, 5) is 11.3. The minimum Gasteiger partial charge on any atom is -0.352 e. The molecule has 0 saturated heterocycles. The van der Waals surface area contributed by atoms with Crippen molar-refractivity contribution in [2.45, 2.75) is 13.0 Å². The Bertz CT molecular complexity index is 376. The third-order valence-electron chi connectivity index (χ3n) is 2.38. The summed E-state index contributed by atoms with van der Waals surface area (Å²) >= 11 is 5.81. The number of nitrogens with one attached hydrogen (secondary N) is 2. The zero-order valence-electron chi connectivity index (χ0n) is 9.87. The fourth-order valence-electron chi connectivity index (χ4n) is 1.36. The molecular weight excluding hydrogens is 236 g/mol. The van der Waals surface area contributed by atoms with Gasteiger partial charge in [0.2, 0.25) is 5.91 Å². The maximum Gasteiger partial charge on any atom is 0.234 e. The first-order valence-electron chi connectivity index (χ1n) is 5.50. The number of halogens is 1. The molecule has 1 aromatic rings. The summed E-state index contributed by atoms with van der Waals surface area (Å²) in [6.45, 7) is 6.33. The van der Waals surface area contributed by atoms with Gasteiger partial charge >= 0.3 is 0 Å². The molecule has 1 atom stereocenters. The quantitative estimate of drug-likeness (QED) is 0.763. The van der Waals surface area contributed by atoms with Gasteiger partial charge in [0.1, 0.15) is 0 Å². The Morgan fingerprint density at radius 3 is 2.71 bits per heavy atom. The van der Waals surface area contributed by atoms with E-state index in [9.17, 15) is 4.79 Å². The number of carbonyl (C=O) groups is 1. The number of amides is 1. The van der Waals surface area contributed by atoms with Crippen LogP contribution >= 0.6 is 11.6 Å². The smallest absolute Gasteiger partial charge is 0.234 e. The Kier molecular flexibility index (Phi) is 5.73. The van der Waals surface area contributed by atoms with Crippen LogP contribution in [0.3, 0.4) is 0 Å². The third-order valence-corrected chi connectivity index (χ3v) is 2.63. The summed E-state index contributed by atoms with van der Waals surface area (Å²) < 4.78 is 0. The molecule has 4 heteroatoms. The van der Waals surface area contributed by atoms with Gasteiger partial charge in [-0.25, -0.2) is 0 Å². The number of carbonyl (C=O) groups excluding carboxylic acids is 1. The number of rotatable bonds is 6. The van der Waals surface area contributed by atoms with E-state index < -0.39 is 0 Å². The van der Waals surface area contributed by atoms with E-state index in [1.165, 1.54) is 0 Å². The van der Waals surface area contributed by atoms with Crippen LogP contribution in [-0.2, 0) is 4.79 Å². The van der Waals surface area contributed by atoms with Gasteiger partial charge in [-0.05, 0) is 24.6 Å². The Labute approximate surface area is 107 Å². The summed E-state index contributed by atoms with van der Waals surface area (Å²) in [7, 11) is 0. The van der Waals surface area contributed by atoms with Crippen molar-refractivity contribution in [3.05, 3.63) is 47.5 Å². The minimum absolute atomic E-state index is 0.0364. The highest BCUT2D eigenvalue weighted by Crippen LogP contribution is 2.15. The first kappa shape index (κ1) is 13.7. The molecule has 92 valence electrons. The molecule has 0 fully saturated rings. The van der Waals surface area contributed by atoms with E-state index in [0.717, 1.165) is 5.56 Å². The Balaban J connectivity index is 2.39. The van der Waals surface area contributed by atoms with Crippen LogP contribution in [0, 0.1) is 0 Å². The fourth-order valence-corrected chi connectivity index (χ4v) is 1.49. The zero-order valence-corrected chi connectivity index (χ0v) is 10.6. The van der Waals surface area contributed by atoms with Crippen LogP contribution < -0.4 is 10.6 Å². The predicted octanol–water partition coefficient (Wildman–Crippen LogP) is 2.29. The molecule has 17 heavy (non-hydrogen) atoms. The van der Waals surface area contributed by atoms with Crippen molar-refractivity contribution in [1.82, 2.24) is 10.6 Å². The number of benzene rings is 1. The molecular formula is C13H17ClN2O. The molecule has 2 N–H and O–H groups in total. The summed E-state index contributed by atoms with van der Waals surface area (Å²) in [5, 5.41) is 6.56. The van der Waals surface area contributed by atoms with E-state index in [-0.39, 0.29) is 18.5 Å². The third kappa shape index (κ3) is 5.02. The average molecular weight is 253 g/mol. The van der Waals surface area contributed by atoms with Crippen LogP contribution in [0.25, 0.3) is 0 Å². The largest absolute Gasteiger partial charge is 0.352 e. The Hall–Kier alpha value is -1.32. The molecule has 3 nitrogen and oxygen atoms in total. The minimum atomic E-state index is -0.0364. The van der Waals surface area contributed by atoms with Crippen molar-refractivity contribution in [3.8, 4) is 0 Å². The van der Waals surface area contributed by atoms with Gasteiger partial charge in [-0.3, -0.25) is 4.79 Å². The van der Waals surface area contributed by atoms with Gasteiger partial charge in [0.25, 0.3) is 0 Å². The van der Waals surface area contributed by atoms with Gasteiger partial charge in [0.15, 0.2) is 0 Å². The second-order valence-corrected chi connectivity index (χ2v) is 4.18. The van der Waals surface area contributed by atoms with E-state index in [1.54, 1.807) is 6.08 Å². The average Bonchev–Trinajstić information content (AvgIpc) is 2.34. The SMILES string of the molecule is C=CCNC(=O)CN[C@@H](C)c1ccc(Cl)cc1. The second-order valence-electron chi connectivity index (χ2n) is 3.75. The molecule has 0 bridgehead atoms. The lowest BCUT2D eigenvalue weighted by molar-refractivity contribution is -0.120. The molecule has 1 rings (SSSR count). The van der Waals surface area contributed by atoms with Crippen LogP contribution in [0.1, 0.15) is 18.5 Å².